The second-order valence-electron chi connectivity index (χ2n) is 6.44. The highest BCUT2D eigenvalue weighted by molar-refractivity contribution is 14.1. The van der Waals surface area contributed by atoms with Gasteiger partial charge in [0.2, 0.25) is 0 Å². The first-order valence-electron chi connectivity index (χ1n) is 7.58. The molecule has 108 valence electrons. The van der Waals surface area contributed by atoms with Gasteiger partial charge in [0.15, 0.2) is 0 Å². The maximum atomic E-state index is 2.41. The molecule has 0 saturated heterocycles. The van der Waals surface area contributed by atoms with Crippen molar-refractivity contribution in [1.82, 2.24) is 0 Å². The quantitative estimate of drug-likeness (QED) is 0.426. The Balaban J connectivity index is 1.93. The lowest BCUT2D eigenvalue weighted by Crippen LogP contribution is -2.15. The van der Waals surface area contributed by atoms with Gasteiger partial charge in [-0.15, -0.1) is 0 Å². The van der Waals surface area contributed by atoms with Crippen LogP contribution >= 0.6 is 22.6 Å². The first kappa shape index (κ1) is 14.0. The summed E-state index contributed by atoms with van der Waals surface area (Å²) in [7, 11) is 0. The van der Waals surface area contributed by atoms with Gasteiger partial charge in [-0.3, -0.25) is 0 Å². The number of hydrogen-bond acceptors (Lipinski definition) is 0. The Bertz CT molecular complexity index is 860. The minimum atomic E-state index is 0.0661. The summed E-state index contributed by atoms with van der Waals surface area (Å²) in [4.78, 5) is 0. The molecule has 0 N–H and O–H groups in total. The second-order valence-corrected chi connectivity index (χ2v) is 7.69. The average Bonchev–Trinajstić information content (AvgIpc) is 2.76. The monoisotopic (exact) mass is 396 g/mol. The second kappa shape index (κ2) is 4.95. The number of fused-ring (bicyclic) bond motifs is 3. The average molecular weight is 396 g/mol. The molecule has 3 aromatic rings. The van der Waals surface area contributed by atoms with Gasteiger partial charge in [-0.1, -0.05) is 62.4 Å². The predicted molar refractivity (Wildman–Crippen MR) is 102 cm³/mol. The molecule has 1 aliphatic carbocycles. The molecule has 3 aromatic carbocycles. The van der Waals surface area contributed by atoms with Gasteiger partial charge in [-0.2, -0.15) is 0 Å². The largest absolute Gasteiger partial charge is 0.0622 e. The Morgan fingerprint density at radius 3 is 2.05 bits per heavy atom. The van der Waals surface area contributed by atoms with Crippen molar-refractivity contribution in [3.05, 3.63) is 81.4 Å². The topological polar surface area (TPSA) is 0 Å². The minimum absolute atomic E-state index is 0.0661. The van der Waals surface area contributed by atoms with Gasteiger partial charge in [0.1, 0.15) is 0 Å². The summed E-state index contributed by atoms with van der Waals surface area (Å²) in [5.74, 6) is 0. The third-order valence-corrected chi connectivity index (χ3v) is 5.42. The predicted octanol–water partition coefficient (Wildman–Crippen LogP) is 6.26. The van der Waals surface area contributed by atoms with Gasteiger partial charge < -0.3 is 0 Å². The van der Waals surface area contributed by atoms with Crippen LogP contribution in [0.25, 0.3) is 22.3 Å². The van der Waals surface area contributed by atoms with Crippen molar-refractivity contribution >= 4 is 22.6 Å². The molecule has 4 rings (SSSR count). The van der Waals surface area contributed by atoms with Crippen LogP contribution in [-0.2, 0) is 5.41 Å². The van der Waals surface area contributed by atoms with Gasteiger partial charge in [-0.25, -0.2) is 0 Å². The Morgan fingerprint density at radius 2 is 1.32 bits per heavy atom. The van der Waals surface area contributed by atoms with E-state index in [1.807, 2.05) is 0 Å². The number of halogens is 1. The SMILES string of the molecule is CC1(C)c2cc(I)ccc2-c2ccc(-c3ccccc3)cc21. The molecule has 0 amide bonds. The molecular weight excluding hydrogens is 379 g/mol. The van der Waals surface area contributed by atoms with Crippen LogP contribution < -0.4 is 0 Å². The van der Waals surface area contributed by atoms with E-state index in [2.05, 4.69) is 103 Å². The van der Waals surface area contributed by atoms with E-state index < -0.39 is 0 Å². The highest BCUT2D eigenvalue weighted by atomic mass is 127. The molecule has 0 unspecified atom stereocenters. The van der Waals surface area contributed by atoms with Crippen molar-refractivity contribution in [2.45, 2.75) is 19.3 Å². The van der Waals surface area contributed by atoms with Crippen LogP contribution in [-0.4, -0.2) is 0 Å². The van der Waals surface area contributed by atoms with E-state index in [4.69, 9.17) is 0 Å². The lowest BCUT2D eigenvalue weighted by atomic mass is 9.81. The van der Waals surface area contributed by atoms with Crippen molar-refractivity contribution < 1.29 is 0 Å². The van der Waals surface area contributed by atoms with Gasteiger partial charge in [-0.05, 0) is 74.2 Å². The number of benzene rings is 3. The zero-order valence-electron chi connectivity index (χ0n) is 12.7. The fourth-order valence-electron chi connectivity index (χ4n) is 3.52. The minimum Gasteiger partial charge on any atom is -0.0622 e. The molecule has 0 aliphatic heterocycles. The summed E-state index contributed by atoms with van der Waals surface area (Å²) in [5, 5.41) is 0. The van der Waals surface area contributed by atoms with Crippen molar-refractivity contribution in [3.63, 3.8) is 0 Å². The fraction of sp³-hybridized carbons (Fsp3) is 0.143. The van der Waals surface area contributed by atoms with Gasteiger partial charge in [0.25, 0.3) is 0 Å². The molecule has 0 heterocycles. The smallest absolute Gasteiger partial charge is 0.0159 e. The van der Waals surface area contributed by atoms with Gasteiger partial charge >= 0.3 is 0 Å². The molecule has 0 atom stereocenters. The highest BCUT2D eigenvalue weighted by Crippen LogP contribution is 2.49. The summed E-state index contributed by atoms with van der Waals surface area (Å²) in [5.41, 5.74) is 8.31. The van der Waals surface area contributed by atoms with Crippen molar-refractivity contribution in [3.8, 4) is 22.3 Å². The molecule has 0 bridgehead atoms. The maximum Gasteiger partial charge on any atom is 0.0159 e. The molecule has 0 spiro atoms. The van der Waals surface area contributed by atoms with Crippen LogP contribution in [0.1, 0.15) is 25.0 Å². The standard InChI is InChI=1S/C21H17I/c1-21(2)19-12-15(14-6-4-3-5-7-14)8-10-17(19)18-11-9-16(22)13-20(18)21/h3-13H,1-2H3. The third-order valence-electron chi connectivity index (χ3n) is 4.75. The van der Waals surface area contributed by atoms with Crippen molar-refractivity contribution in [2.75, 3.05) is 0 Å². The Kier molecular flexibility index (Phi) is 3.15. The maximum absolute atomic E-state index is 2.41. The summed E-state index contributed by atoms with van der Waals surface area (Å²) in [6.07, 6.45) is 0. The Hall–Kier alpha value is -1.61. The zero-order chi connectivity index (χ0) is 15.3. The van der Waals surface area contributed by atoms with E-state index in [0.717, 1.165) is 0 Å². The highest BCUT2D eigenvalue weighted by Gasteiger charge is 2.35. The van der Waals surface area contributed by atoms with E-state index in [1.165, 1.54) is 37.0 Å². The van der Waals surface area contributed by atoms with Crippen molar-refractivity contribution in [1.29, 1.82) is 0 Å². The first-order chi connectivity index (χ1) is 10.6. The molecule has 0 nitrogen and oxygen atoms in total. The van der Waals surface area contributed by atoms with Crippen LogP contribution in [0, 0.1) is 3.57 Å². The van der Waals surface area contributed by atoms with E-state index in [9.17, 15) is 0 Å². The van der Waals surface area contributed by atoms with Crippen molar-refractivity contribution in [2.24, 2.45) is 0 Å². The molecule has 0 aromatic heterocycles. The lowest BCUT2D eigenvalue weighted by Gasteiger charge is -2.22. The fourth-order valence-corrected chi connectivity index (χ4v) is 4.01. The molecule has 0 saturated carbocycles. The van der Waals surface area contributed by atoms with Crippen LogP contribution in [0.4, 0.5) is 0 Å². The molecule has 0 fully saturated rings. The third kappa shape index (κ3) is 2.03. The molecule has 1 heteroatoms. The number of hydrogen-bond donors (Lipinski definition) is 0. The summed E-state index contributed by atoms with van der Waals surface area (Å²) in [6, 6.07) is 24.3. The lowest BCUT2D eigenvalue weighted by molar-refractivity contribution is 0.660. The Labute approximate surface area is 145 Å². The summed E-state index contributed by atoms with van der Waals surface area (Å²) in [6.45, 7) is 4.67. The van der Waals surface area contributed by atoms with Crippen LogP contribution in [0.3, 0.4) is 0 Å². The molecule has 1 aliphatic rings. The molecular formula is C21H17I. The van der Waals surface area contributed by atoms with Crippen LogP contribution in [0.5, 0.6) is 0 Å². The first-order valence-corrected chi connectivity index (χ1v) is 8.65. The van der Waals surface area contributed by atoms with Crippen LogP contribution in [0.15, 0.2) is 66.7 Å². The molecule has 22 heavy (non-hydrogen) atoms. The summed E-state index contributed by atoms with van der Waals surface area (Å²) >= 11 is 2.41. The van der Waals surface area contributed by atoms with Gasteiger partial charge in [0.05, 0.1) is 0 Å². The number of rotatable bonds is 1. The molecule has 0 radical (unpaired) electrons. The van der Waals surface area contributed by atoms with E-state index >= 15 is 0 Å². The van der Waals surface area contributed by atoms with E-state index in [0.29, 0.717) is 0 Å². The van der Waals surface area contributed by atoms with E-state index in [1.54, 1.807) is 0 Å². The van der Waals surface area contributed by atoms with Gasteiger partial charge in [0, 0.05) is 8.99 Å². The zero-order valence-corrected chi connectivity index (χ0v) is 14.9. The Morgan fingerprint density at radius 1 is 0.682 bits per heavy atom. The summed E-state index contributed by atoms with van der Waals surface area (Å²) < 4.78 is 1.31. The van der Waals surface area contributed by atoms with E-state index in [-0.39, 0.29) is 5.41 Å². The van der Waals surface area contributed by atoms with Crippen LogP contribution in [0.2, 0.25) is 0 Å². The normalized spacial score (nSPS) is 14.5.